The number of esters is 1. The quantitative estimate of drug-likeness (QED) is 0.346. The van der Waals surface area contributed by atoms with E-state index in [2.05, 4.69) is 5.92 Å². The summed E-state index contributed by atoms with van der Waals surface area (Å²) in [5, 5.41) is 0. The van der Waals surface area contributed by atoms with Crippen molar-refractivity contribution >= 4 is 11.7 Å². The molecule has 4 heteroatoms. The molecule has 0 aliphatic rings. The second-order valence-corrected chi connectivity index (χ2v) is 3.74. The van der Waals surface area contributed by atoms with Crippen LogP contribution >= 0.6 is 0 Å². The highest BCUT2D eigenvalue weighted by molar-refractivity contribution is 5.71. The molecule has 0 saturated heterocycles. The van der Waals surface area contributed by atoms with Crippen LogP contribution in [0, 0.1) is 12.3 Å². The van der Waals surface area contributed by atoms with E-state index in [0.717, 1.165) is 12.8 Å². The first-order chi connectivity index (χ1) is 8.72. The average molecular weight is 247 g/mol. The van der Waals surface area contributed by atoms with Crippen LogP contribution in [0.15, 0.2) is 24.3 Å². The van der Waals surface area contributed by atoms with E-state index in [4.69, 9.17) is 21.6 Å². The van der Waals surface area contributed by atoms with Crippen molar-refractivity contribution in [3.8, 4) is 18.1 Å². The number of nitrogen functional groups attached to an aromatic ring is 1. The molecule has 0 aromatic heterocycles. The number of benzene rings is 1. The van der Waals surface area contributed by atoms with E-state index in [9.17, 15) is 4.79 Å². The molecule has 0 radical (unpaired) electrons. The molecule has 18 heavy (non-hydrogen) atoms. The van der Waals surface area contributed by atoms with Gasteiger partial charge in [0.25, 0.3) is 0 Å². The maximum absolute atomic E-state index is 11.3. The third-order valence-electron chi connectivity index (χ3n) is 2.22. The number of unbranched alkanes of at least 4 members (excludes halogenated alkanes) is 2. The molecule has 0 aliphatic carbocycles. The lowest BCUT2D eigenvalue weighted by Crippen LogP contribution is -2.15. The van der Waals surface area contributed by atoms with Crippen LogP contribution in [-0.4, -0.2) is 19.2 Å². The zero-order chi connectivity index (χ0) is 13.2. The number of carbonyl (C=O) groups is 1. The van der Waals surface area contributed by atoms with Crippen LogP contribution < -0.4 is 10.5 Å². The van der Waals surface area contributed by atoms with Crippen molar-refractivity contribution in [3.63, 3.8) is 0 Å². The molecular formula is C14H17NO3. The van der Waals surface area contributed by atoms with Crippen molar-refractivity contribution in [1.29, 1.82) is 0 Å². The molecule has 0 saturated carbocycles. The summed E-state index contributed by atoms with van der Waals surface area (Å²) < 4.78 is 10.2. The first-order valence-electron chi connectivity index (χ1n) is 5.80. The van der Waals surface area contributed by atoms with Crippen LogP contribution in [0.5, 0.6) is 5.75 Å². The summed E-state index contributed by atoms with van der Waals surface area (Å²) in [6.07, 6.45) is 7.45. The zero-order valence-corrected chi connectivity index (χ0v) is 10.2. The SMILES string of the molecule is C#CCCCCOC(=O)COc1ccc(N)cc1. The van der Waals surface area contributed by atoms with Gasteiger partial charge in [0.2, 0.25) is 0 Å². The average Bonchev–Trinajstić information content (AvgIpc) is 2.38. The molecule has 0 aliphatic heterocycles. The highest BCUT2D eigenvalue weighted by Gasteiger charge is 2.03. The third kappa shape index (κ3) is 5.80. The number of hydrogen-bond acceptors (Lipinski definition) is 4. The van der Waals surface area contributed by atoms with E-state index >= 15 is 0 Å². The lowest BCUT2D eigenvalue weighted by molar-refractivity contribution is -0.146. The highest BCUT2D eigenvalue weighted by atomic mass is 16.6. The van der Waals surface area contributed by atoms with Crippen molar-refractivity contribution in [3.05, 3.63) is 24.3 Å². The minimum absolute atomic E-state index is 0.0982. The van der Waals surface area contributed by atoms with Gasteiger partial charge in [0, 0.05) is 12.1 Å². The zero-order valence-electron chi connectivity index (χ0n) is 10.2. The summed E-state index contributed by atoms with van der Waals surface area (Å²) in [7, 11) is 0. The fourth-order valence-corrected chi connectivity index (χ4v) is 1.26. The Bertz CT molecular complexity index is 406. The summed E-state index contributed by atoms with van der Waals surface area (Å²) in [6, 6.07) is 6.83. The van der Waals surface area contributed by atoms with Gasteiger partial charge in [0.1, 0.15) is 5.75 Å². The van der Waals surface area contributed by atoms with Crippen molar-refractivity contribution in [2.75, 3.05) is 18.9 Å². The largest absolute Gasteiger partial charge is 0.482 e. The van der Waals surface area contributed by atoms with Crippen LogP contribution in [0.4, 0.5) is 5.69 Å². The van der Waals surface area contributed by atoms with Gasteiger partial charge in [-0.1, -0.05) is 0 Å². The summed E-state index contributed by atoms with van der Waals surface area (Å²) in [5.41, 5.74) is 6.18. The fraction of sp³-hybridized carbons (Fsp3) is 0.357. The molecule has 1 aromatic rings. The number of terminal acetylenes is 1. The smallest absolute Gasteiger partial charge is 0.344 e. The molecule has 0 bridgehead atoms. The minimum Gasteiger partial charge on any atom is -0.482 e. The molecule has 1 aromatic carbocycles. The number of anilines is 1. The van der Waals surface area contributed by atoms with Gasteiger partial charge in [-0.25, -0.2) is 4.79 Å². The molecule has 1 rings (SSSR count). The van der Waals surface area contributed by atoms with E-state index in [-0.39, 0.29) is 12.6 Å². The minimum atomic E-state index is -0.382. The Morgan fingerprint density at radius 1 is 1.28 bits per heavy atom. The molecule has 0 atom stereocenters. The van der Waals surface area contributed by atoms with Crippen LogP contribution in [0.3, 0.4) is 0 Å². The first-order valence-corrected chi connectivity index (χ1v) is 5.80. The van der Waals surface area contributed by atoms with Gasteiger partial charge in [-0.2, -0.15) is 0 Å². The normalized spacial score (nSPS) is 9.50. The molecule has 0 fully saturated rings. The Morgan fingerprint density at radius 2 is 2.00 bits per heavy atom. The predicted molar refractivity (Wildman–Crippen MR) is 70.0 cm³/mol. The number of rotatable bonds is 7. The van der Waals surface area contributed by atoms with E-state index in [1.807, 2.05) is 0 Å². The van der Waals surface area contributed by atoms with Gasteiger partial charge >= 0.3 is 5.97 Å². The molecule has 0 spiro atoms. The Kier molecular flexibility index (Phi) is 6.20. The molecular weight excluding hydrogens is 230 g/mol. The van der Waals surface area contributed by atoms with Gasteiger partial charge in [0.15, 0.2) is 6.61 Å². The predicted octanol–water partition coefficient (Wildman–Crippen LogP) is 1.99. The number of carbonyl (C=O) groups excluding carboxylic acids is 1. The maximum Gasteiger partial charge on any atom is 0.344 e. The Labute approximate surface area is 107 Å². The number of ether oxygens (including phenoxy) is 2. The van der Waals surface area contributed by atoms with Gasteiger partial charge in [-0.05, 0) is 37.1 Å². The van der Waals surface area contributed by atoms with Gasteiger partial charge in [0.05, 0.1) is 6.61 Å². The van der Waals surface area contributed by atoms with E-state index in [0.29, 0.717) is 24.5 Å². The summed E-state index contributed by atoms with van der Waals surface area (Å²) in [4.78, 5) is 11.3. The van der Waals surface area contributed by atoms with E-state index in [1.54, 1.807) is 24.3 Å². The van der Waals surface area contributed by atoms with Crippen LogP contribution in [-0.2, 0) is 9.53 Å². The van der Waals surface area contributed by atoms with Gasteiger partial charge in [-0.15, -0.1) is 12.3 Å². The van der Waals surface area contributed by atoms with Crippen molar-refractivity contribution < 1.29 is 14.3 Å². The Hall–Kier alpha value is -2.15. The second-order valence-electron chi connectivity index (χ2n) is 3.74. The summed E-state index contributed by atoms with van der Waals surface area (Å²) >= 11 is 0. The van der Waals surface area contributed by atoms with Crippen molar-refractivity contribution in [2.24, 2.45) is 0 Å². The molecule has 4 nitrogen and oxygen atoms in total. The summed E-state index contributed by atoms with van der Waals surface area (Å²) in [6.45, 7) is 0.282. The van der Waals surface area contributed by atoms with Crippen LogP contribution in [0.25, 0.3) is 0 Å². The van der Waals surface area contributed by atoms with E-state index in [1.165, 1.54) is 0 Å². The molecule has 0 heterocycles. The number of hydrogen-bond donors (Lipinski definition) is 1. The standard InChI is InChI=1S/C14H17NO3/c1-2-3-4-5-10-17-14(16)11-18-13-8-6-12(15)7-9-13/h1,6-9H,3-5,10-11,15H2. The maximum atomic E-state index is 11.3. The highest BCUT2D eigenvalue weighted by Crippen LogP contribution is 2.12. The molecule has 96 valence electrons. The van der Waals surface area contributed by atoms with Gasteiger partial charge < -0.3 is 15.2 Å². The molecule has 2 N–H and O–H groups in total. The van der Waals surface area contributed by atoms with Gasteiger partial charge in [-0.3, -0.25) is 0 Å². The van der Waals surface area contributed by atoms with Crippen molar-refractivity contribution in [2.45, 2.75) is 19.3 Å². The van der Waals surface area contributed by atoms with Crippen LogP contribution in [0.1, 0.15) is 19.3 Å². The molecule has 0 unspecified atom stereocenters. The third-order valence-corrected chi connectivity index (χ3v) is 2.22. The Balaban J connectivity index is 2.13. The van der Waals surface area contributed by atoms with E-state index < -0.39 is 0 Å². The topological polar surface area (TPSA) is 61.5 Å². The Morgan fingerprint density at radius 3 is 2.67 bits per heavy atom. The van der Waals surface area contributed by atoms with Crippen LogP contribution in [0.2, 0.25) is 0 Å². The van der Waals surface area contributed by atoms with Crippen molar-refractivity contribution in [1.82, 2.24) is 0 Å². The second kappa shape index (κ2) is 8.02. The summed E-state index contributed by atoms with van der Waals surface area (Å²) in [5.74, 6) is 2.74. The fourth-order valence-electron chi connectivity index (χ4n) is 1.26. The monoisotopic (exact) mass is 247 g/mol. The lowest BCUT2D eigenvalue weighted by Gasteiger charge is -2.06. The number of nitrogens with two attached hydrogens (primary N) is 1. The lowest BCUT2D eigenvalue weighted by atomic mass is 10.2. The molecule has 0 amide bonds. The first kappa shape index (κ1) is 13.9.